The summed E-state index contributed by atoms with van der Waals surface area (Å²) in [6, 6.07) is 11.8. The Hall–Kier alpha value is -2.58. The number of nitrogens with one attached hydrogen (secondary N) is 1. The molecule has 0 spiro atoms. The van der Waals surface area contributed by atoms with Gasteiger partial charge in [0.15, 0.2) is 11.5 Å². The third-order valence-electron chi connectivity index (χ3n) is 5.99. The van der Waals surface area contributed by atoms with Gasteiger partial charge in [0.25, 0.3) is 0 Å². The van der Waals surface area contributed by atoms with Gasteiger partial charge in [-0.2, -0.15) is 4.31 Å². The number of sulfonamides is 1. The lowest BCUT2D eigenvalue weighted by molar-refractivity contribution is -0.124. The molecule has 1 amide bonds. The van der Waals surface area contributed by atoms with Gasteiger partial charge in [0.2, 0.25) is 22.7 Å². The zero-order chi connectivity index (χ0) is 22.2. The predicted octanol–water partition coefficient (Wildman–Crippen LogP) is 2.97. The smallest absolute Gasteiger partial charge is 0.243 e. The molecule has 1 saturated heterocycles. The highest BCUT2D eigenvalue weighted by atomic mass is 32.2. The second-order valence-corrected chi connectivity index (χ2v) is 10.6. The van der Waals surface area contributed by atoms with Crippen molar-refractivity contribution in [1.29, 1.82) is 0 Å². The van der Waals surface area contributed by atoms with E-state index < -0.39 is 16.1 Å². The molecule has 1 atom stereocenters. The summed E-state index contributed by atoms with van der Waals surface area (Å²) in [5, 5.41) is 2.98. The zero-order valence-corrected chi connectivity index (χ0v) is 18.9. The molecule has 2 heterocycles. The van der Waals surface area contributed by atoms with Crippen molar-refractivity contribution in [2.75, 3.05) is 19.9 Å². The Balaban J connectivity index is 1.45. The minimum Gasteiger partial charge on any atom is -0.454 e. The summed E-state index contributed by atoms with van der Waals surface area (Å²) in [6.45, 7) is 6.90. The van der Waals surface area contributed by atoms with Crippen molar-refractivity contribution >= 4 is 15.9 Å². The number of nitrogens with zero attached hydrogens (tertiary/aromatic N) is 1. The lowest BCUT2D eigenvalue weighted by atomic mass is 9.84. The Morgan fingerprint density at radius 3 is 2.58 bits per heavy atom. The Bertz CT molecular complexity index is 1080. The summed E-state index contributed by atoms with van der Waals surface area (Å²) in [5.41, 5.74) is 1.63. The summed E-state index contributed by atoms with van der Waals surface area (Å²) in [4.78, 5) is 13.2. The molecule has 2 aliphatic heterocycles. The van der Waals surface area contributed by atoms with E-state index in [1.165, 1.54) is 4.31 Å². The molecule has 2 aliphatic rings. The molecular weight excluding hydrogens is 416 g/mol. The van der Waals surface area contributed by atoms with E-state index in [0.29, 0.717) is 37.4 Å². The summed E-state index contributed by atoms with van der Waals surface area (Å²) in [7, 11) is -3.72. The number of ether oxygens (including phenoxy) is 2. The molecule has 0 unspecified atom stereocenters. The summed E-state index contributed by atoms with van der Waals surface area (Å²) in [6.07, 6.45) is 1.18. The predicted molar refractivity (Wildman–Crippen MR) is 117 cm³/mol. The quantitative estimate of drug-likeness (QED) is 0.741. The van der Waals surface area contributed by atoms with Crippen LogP contribution in [0.5, 0.6) is 11.5 Å². The van der Waals surface area contributed by atoms with Crippen molar-refractivity contribution in [1.82, 2.24) is 9.62 Å². The van der Waals surface area contributed by atoms with Gasteiger partial charge in [-0.25, -0.2) is 8.42 Å². The maximum absolute atomic E-state index is 13.1. The first-order valence-electron chi connectivity index (χ1n) is 10.4. The highest BCUT2D eigenvalue weighted by Gasteiger charge is 2.39. The van der Waals surface area contributed by atoms with Gasteiger partial charge in [-0.3, -0.25) is 4.79 Å². The molecule has 0 radical (unpaired) electrons. The van der Waals surface area contributed by atoms with Gasteiger partial charge >= 0.3 is 0 Å². The van der Waals surface area contributed by atoms with Gasteiger partial charge in [0, 0.05) is 18.5 Å². The molecule has 166 valence electrons. The fraction of sp³-hybridized carbons (Fsp3) is 0.435. The molecular formula is C23H28N2O5S. The number of hydrogen-bond acceptors (Lipinski definition) is 5. The summed E-state index contributed by atoms with van der Waals surface area (Å²) in [5.74, 6) is 1.15. The van der Waals surface area contributed by atoms with E-state index in [4.69, 9.17) is 9.47 Å². The number of aryl methyl sites for hydroxylation is 1. The van der Waals surface area contributed by atoms with Crippen LogP contribution in [0.2, 0.25) is 0 Å². The van der Waals surface area contributed by atoms with Crippen LogP contribution in [0.25, 0.3) is 0 Å². The van der Waals surface area contributed by atoms with Crippen molar-refractivity contribution in [3.8, 4) is 11.5 Å². The molecule has 2 aromatic rings. The van der Waals surface area contributed by atoms with Crippen LogP contribution in [0.1, 0.15) is 37.8 Å². The Kier molecular flexibility index (Phi) is 5.70. The average molecular weight is 445 g/mol. The van der Waals surface area contributed by atoms with E-state index in [-0.39, 0.29) is 23.0 Å². The number of carbonyl (C=O) groups excluding carboxylic acids is 1. The number of rotatable bonds is 6. The highest BCUT2D eigenvalue weighted by molar-refractivity contribution is 7.89. The number of carbonyl (C=O) groups is 1. The SMILES string of the molecule is Cc1ccc(S(=O)(=O)N2CCC[C@H]2C(=O)NCC(C)(C)c2ccc3c(c2)OCO3)cc1. The topological polar surface area (TPSA) is 84.9 Å². The minimum absolute atomic E-state index is 0.211. The van der Waals surface area contributed by atoms with Gasteiger partial charge in [0.1, 0.15) is 6.04 Å². The van der Waals surface area contributed by atoms with Crippen molar-refractivity contribution in [3.05, 3.63) is 53.6 Å². The molecule has 8 heteroatoms. The van der Waals surface area contributed by atoms with Gasteiger partial charge in [-0.05, 0) is 49.6 Å². The third-order valence-corrected chi connectivity index (χ3v) is 7.91. The van der Waals surface area contributed by atoms with Crippen LogP contribution in [-0.4, -0.2) is 44.6 Å². The molecule has 0 bridgehead atoms. The summed E-state index contributed by atoms with van der Waals surface area (Å²) >= 11 is 0. The van der Waals surface area contributed by atoms with E-state index in [0.717, 1.165) is 11.1 Å². The zero-order valence-electron chi connectivity index (χ0n) is 18.1. The first-order chi connectivity index (χ1) is 14.7. The van der Waals surface area contributed by atoms with Gasteiger partial charge < -0.3 is 14.8 Å². The van der Waals surface area contributed by atoms with E-state index in [1.54, 1.807) is 24.3 Å². The number of hydrogen-bond donors (Lipinski definition) is 1. The standard InChI is InChI=1S/C23H28N2O5S/c1-16-6-9-18(10-7-16)31(27,28)25-12-4-5-19(25)22(26)24-14-23(2,3)17-8-11-20-21(13-17)30-15-29-20/h6-11,13,19H,4-5,12,14-15H2,1-3H3,(H,24,26)/t19-/m0/s1. The molecule has 4 rings (SSSR count). The molecule has 1 N–H and O–H groups in total. The van der Waals surface area contributed by atoms with Crippen LogP contribution in [0.15, 0.2) is 47.4 Å². The van der Waals surface area contributed by atoms with Gasteiger partial charge in [0.05, 0.1) is 4.90 Å². The fourth-order valence-electron chi connectivity index (χ4n) is 3.98. The lowest BCUT2D eigenvalue weighted by Crippen LogP contribution is -2.48. The maximum Gasteiger partial charge on any atom is 0.243 e. The van der Waals surface area contributed by atoms with E-state index >= 15 is 0 Å². The van der Waals surface area contributed by atoms with Crippen LogP contribution in [0, 0.1) is 6.92 Å². The number of benzene rings is 2. The largest absolute Gasteiger partial charge is 0.454 e. The maximum atomic E-state index is 13.1. The first-order valence-corrected chi connectivity index (χ1v) is 11.9. The Labute approximate surface area is 183 Å². The van der Waals surface area contributed by atoms with E-state index in [2.05, 4.69) is 5.32 Å². The third kappa shape index (κ3) is 4.27. The number of amides is 1. The number of fused-ring (bicyclic) bond motifs is 1. The van der Waals surface area contributed by atoms with E-state index in [9.17, 15) is 13.2 Å². The average Bonchev–Trinajstić information content (AvgIpc) is 3.41. The highest BCUT2D eigenvalue weighted by Crippen LogP contribution is 2.36. The normalized spacial score (nSPS) is 18.9. The second kappa shape index (κ2) is 8.16. The monoisotopic (exact) mass is 444 g/mol. The molecule has 0 aromatic heterocycles. The van der Waals surface area contributed by atoms with Gasteiger partial charge in [-0.15, -0.1) is 0 Å². The molecule has 31 heavy (non-hydrogen) atoms. The van der Waals surface area contributed by atoms with E-state index in [1.807, 2.05) is 39.0 Å². The van der Waals surface area contributed by atoms with Crippen molar-refractivity contribution < 1.29 is 22.7 Å². The molecule has 1 fully saturated rings. The second-order valence-electron chi connectivity index (χ2n) is 8.76. The molecule has 0 saturated carbocycles. The molecule has 7 nitrogen and oxygen atoms in total. The van der Waals surface area contributed by atoms with Crippen molar-refractivity contribution in [3.63, 3.8) is 0 Å². The van der Waals surface area contributed by atoms with Crippen LogP contribution < -0.4 is 14.8 Å². The molecule has 0 aliphatic carbocycles. The first kappa shape index (κ1) is 21.6. The molecule has 2 aromatic carbocycles. The van der Waals surface area contributed by atoms with Crippen molar-refractivity contribution in [2.24, 2.45) is 0 Å². The van der Waals surface area contributed by atoms with Crippen LogP contribution in [0.3, 0.4) is 0 Å². The summed E-state index contributed by atoms with van der Waals surface area (Å²) < 4.78 is 38.4. The van der Waals surface area contributed by atoms with Crippen molar-refractivity contribution in [2.45, 2.75) is 50.0 Å². The van der Waals surface area contributed by atoms with Gasteiger partial charge in [-0.1, -0.05) is 37.6 Å². The van der Waals surface area contributed by atoms with Crippen LogP contribution >= 0.6 is 0 Å². The van der Waals surface area contributed by atoms with Crippen LogP contribution in [-0.2, 0) is 20.2 Å². The Morgan fingerprint density at radius 1 is 1.13 bits per heavy atom. The Morgan fingerprint density at radius 2 is 1.84 bits per heavy atom. The van der Waals surface area contributed by atoms with Crippen LogP contribution in [0.4, 0.5) is 0 Å². The minimum atomic E-state index is -3.72. The fourth-order valence-corrected chi connectivity index (χ4v) is 5.64. The lowest BCUT2D eigenvalue weighted by Gasteiger charge is -2.28.